The van der Waals surface area contributed by atoms with Gasteiger partial charge in [0.25, 0.3) is 11.8 Å². The molecule has 1 saturated heterocycles. The van der Waals surface area contributed by atoms with Crippen molar-refractivity contribution >= 4 is 92.3 Å². The zero-order valence-electron chi connectivity index (χ0n) is 41.8. The maximum absolute atomic E-state index is 15.0. The number of aliphatic hydroxyl groups is 1. The van der Waals surface area contributed by atoms with Gasteiger partial charge in [-0.15, -0.1) is 0 Å². The van der Waals surface area contributed by atoms with E-state index in [0.29, 0.717) is 5.56 Å². The predicted octanol–water partition coefficient (Wildman–Crippen LogP) is -3.88. The van der Waals surface area contributed by atoms with Crippen LogP contribution in [0.25, 0.3) is 0 Å². The van der Waals surface area contributed by atoms with Crippen LogP contribution in [0.3, 0.4) is 0 Å². The minimum Gasteiger partial charge on any atom is -0.508 e. The molecule has 0 radical (unpaired) electrons. The summed E-state index contributed by atoms with van der Waals surface area (Å²) in [6.07, 6.45) is -1.45. The Morgan fingerprint density at radius 1 is 0.878 bits per heavy atom. The molecule has 0 aliphatic carbocycles. The molecule has 11 amide bonds. The Bertz CT molecular complexity index is 2190. The number of phenols is 1. The van der Waals surface area contributed by atoms with Crippen LogP contribution in [0.15, 0.2) is 29.3 Å². The smallest absolute Gasteiger partial charge is 0.268 e. The maximum Gasteiger partial charge on any atom is 0.268 e. The lowest BCUT2D eigenvalue weighted by Gasteiger charge is -2.34. The van der Waals surface area contributed by atoms with Crippen molar-refractivity contribution in [1.29, 1.82) is 0 Å². The Morgan fingerprint density at radius 2 is 1.55 bits per heavy atom. The first-order valence-electron chi connectivity index (χ1n) is 24.1. The lowest BCUT2D eigenvalue weighted by atomic mass is 10.00. The summed E-state index contributed by atoms with van der Waals surface area (Å²) in [7, 11) is 2.21. The van der Waals surface area contributed by atoms with Crippen molar-refractivity contribution in [2.45, 2.75) is 114 Å². The highest BCUT2D eigenvalue weighted by Gasteiger charge is 2.40. The first kappa shape index (κ1) is 61.9. The summed E-state index contributed by atoms with van der Waals surface area (Å²) in [6, 6.07) is -2.69. The van der Waals surface area contributed by atoms with E-state index >= 15 is 4.79 Å². The van der Waals surface area contributed by atoms with E-state index in [9.17, 15) is 58.2 Å². The fourth-order valence-electron chi connectivity index (χ4n) is 7.46. The van der Waals surface area contributed by atoms with Gasteiger partial charge in [0, 0.05) is 36.3 Å². The Hall–Kier alpha value is -6.36. The molecule has 3 aliphatic heterocycles. The Morgan fingerprint density at radius 3 is 2.18 bits per heavy atom. The molecule has 3 aliphatic rings. The number of aromatic hydroxyl groups is 1. The second kappa shape index (κ2) is 31.4. The van der Waals surface area contributed by atoms with E-state index in [1.807, 2.05) is 0 Å². The SMILES string of the molecule is CC[C@H](C)C1=NC(=O)[C@H](Cc2ccc(O)cc2)NC(=O)[C@@H]2CSSC(CCN2)[C@@H](C(=O)N(CCOCCO)CC(=O)N[C@@H](CC(C)C)C(=O)NCC(N)=O)NC(=O)[C@H](CC(N)=O)NC(=O)[C@H](CCC(N)=O)NC1=O. The first-order valence-corrected chi connectivity index (χ1v) is 26.4. The highest BCUT2D eigenvalue weighted by atomic mass is 33.1. The third-order valence-electron chi connectivity index (χ3n) is 11.6. The van der Waals surface area contributed by atoms with Crippen LogP contribution in [0.2, 0.25) is 0 Å². The molecule has 4 rings (SSSR count). The third kappa shape index (κ3) is 21.2. The number of ether oxygens (including phenoxy) is 1. The second-order valence-corrected chi connectivity index (χ2v) is 20.7. The van der Waals surface area contributed by atoms with Gasteiger partial charge in [0.15, 0.2) is 0 Å². The van der Waals surface area contributed by atoms with E-state index in [0.717, 1.165) is 26.5 Å². The van der Waals surface area contributed by atoms with E-state index in [1.165, 1.54) is 24.3 Å². The summed E-state index contributed by atoms with van der Waals surface area (Å²) in [5.41, 5.74) is 16.4. The summed E-state index contributed by atoms with van der Waals surface area (Å²) in [5, 5.41) is 36.7. The maximum atomic E-state index is 15.0. The topological polar surface area (TPSA) is 415 Å². The van der Waals surface area contributed by atoms with Crippen LogP contribution in [0.1, 0.15) is 71.8 Å². The van der Waals surface area contributed by atoms with Gasteiger partial charge in [0.1, 0.15) is 41.7 Å². The zero-order chi connectivity index (χ0) is 55.1. The molecule has 1 fully saturated rings. The van der Waals surface area contributed by atoms with Crippen molar-refractivity contribution in [3.63, 3.8) is 0 Å². The summed E-state index contributed by atoms with van der Waals surface area (Å²) in [5.74, 6) is -10.9. The minimum atomic E-state index is -1.82. The quantitative estimate of drug-likeness (QED) is 0.0283. The zero-order valence-corrected chi connectivity index (χ0v) is 43.5. The van der Waals surface area contributed by atoms with Crippen LogP contribution in [0.5, 0.6) is 5.75 Å². The standard InChI is InChI=1S/C46H70N12O14S2/c1-5-25(4)38-45(70)53-28(10-11-34(47)61)41(66)55-31(20-35(48)62)43(68)57-39(46(71)58(14-16-72-17-15-59)22-37(64)52-29(18-24(2)3)40(65)51-21-36(49)63)33-12-13-50-32(23-73-74-33)44(69)54-30(42(67)56-38)19-26-6-8-27(60)9-7-26/h6-9,24-25,28-33,39,50,59-60H,5,10-23H2,1-4H3,(H2,47,61)(H2,48,62)(H2,49,63)(H,51,65)(H,52,64)(H,53,70)(H,54,69)(H,55,66)(H,57,68)/t25-,28-,29-,30-,31-,32-,33?,39-/m0/s1. The van der Waals surface area contributed by atoms with Gasteiger partial charge in [-0.05, 0) is 55.8 Å². The van der Waals surface area contributed by atoms with Gasteiger partial charge >= 0.3 is 0 Å². The fourth-order valence-corrected chi connectivity index (χ4v) is 10.4. The van der Waals surface area contributed by atoms with Crippen LogP contribution in [-0.2, 0) is 63.9 Å². The van der Waals surface area contributed by atoms with E-state index < -0.39 is 145 Å². The highest BCUT2D eigenvalue weighted by molar-refractivity contribution is 8.77. The molecule has 1 unspecified atom stereocenters. The number of rotatable bonds is 23. The highest BCUT2D eigenvalue weighted by Crippen LogP contribution is 2.34. The number of carbonyl (C=O) groups is 11. The van der Waals surface area contributed by atoms with Crippen molar-refractivity contribution in [2.75, 3.05) is 51.8 Å². The van der Waals surface area contributed by atoms with Gasteiger partial charge in [0.2, 0.25) is 53.2 Å². The number of carbonyl (C=O) groups excluding carboxylic acids is 11. The molecule has 15 N–H and O–H groups in total. The molecule has 2 bridgehead atoms. The number of hydrogen-bond acceptors (Lipinski definition) is 17. The number of primary amides is 3. The molecule has 26 nitrogen and oxygen atoms in total. The molecular formula is C46H70N12O14S2. The number of nitrogens with two attached hydrogens (primary N) is 3. The third-order valence-corrected chi connectivity index (χ3v) is 14.5. The summed E-state index contributed by atoms with van der Waals surface area (Å²) < 4.78 is 5.44. The fraction of sp³-hybridized carbons (Fsp3) is 0.609. The van der Waals surface area contributed by atoms with Crippen molar-refractivity contribution in [2.24, 2.45) is 34.0 Å². The molecule has 0 spiro atoms. The van der Waals surface area contributed by atoms with Crippen LogP contribution < -0.4 is 54.4 Å². The number of aliphatic imine (C=N–C) groups is 1. The molecular weight excluding hydrogens is 1010 g/mol. The van der Waals surface area contributed by atoms with E-state index in [2.05, 4.69) is 42.2 Å². The molecule has 410 valence electrons. The number of phenolic OH excluding ortho intramolecular Hbond substituents is 1. The number of nitrogens with zero attached hydrogens (tertiary/aromatic N) is 2. The van der Waals surface area contributed by atoms with Crippen molar-refractivity contribution in [3.05, 3.63) is 29.8 Å². The Labute approximate surface area is 436 Å². The lowest BCUT2D eigenvalue weighted by Crippen LogP contribution is -2.61. The Kier molecular flexibility index (Phi) is 26.3. The number of amides is 11. The number of hydrogen-bond donors (Lipinski definition) is 12. The molecule has 74 heavy (non-hydrogen) atoms. The second-order valence-electron chi connectivity index (χ2n) is 18.1. The molecule has 28 heteroatoms. The van der Waals surface area contributed by atoms with E-state index in [4.69, 9.17) is 21.9 Å². The van der Waals surface area contributed by atoms with Crippen molar-refractivity contribution in [1.82, 2.24) is 42.1 Å². The Balaban J connectivity index is 2.19. The molecule has 0 aromatic heterocycles. The summed E-state index contributed by atoms with van der Waals surface area (Å²) in [6.45, 7) is 4.61. The number of nitrogens with one attached hydrogen (secondary N) is 7. The summed E-state index contributed by atoms with van der Waals surface area (Å²) >= 11 is 0. The van der Waals surface area contributed by atoms with Crippen molar-refractivity contribution in [3.8, 4) is 5.75 Å². The van der Waals surface area contributed by atoms with E-state index in [-0.39, 0.29) is 81.7 Å². The number of fused-ring (bicyclic) bond motifs is 17. The number of benzene rings is 1. The van der Waals surface area contributed by atoms with Gasteiger partial charge in [0.05, 0.1) is 45.4 Å². The van der Waals surface area contributed by atoms with Crippen LogP contribution in [-0.4, -0.2) is 179 Å². The van der Waals surface area contributed by atoms with Crippen LogP contribution >= 0.6 is 21.6 Å². The monoisotopic (exact) mass is 1080 g/mol. The van der Waals surface area contributed by atoms with Gasteiger partial charge in [-0.1, -0.05) is 61.4 Å². The first-order chi connectivity index (χ1) is 35.0. The largest absolute Gasteiger partial charge is 0.508 e. The average molecular weight is 1080 g/mol. The summed E-state index contributed by atoms with van der Waals surface area (Å²) in [4.78, 5) is 154. The average Bonchev–Trinajstić information content (AvgIpc) is 3.32. The molecule has 1 aromatic carbocycles. The molecule has 0 saturated carbocycles. The van der Waals surface area contributed by atoms with E-state index in [1.54, 1.807) is 27.7 Å². The predicted molar refractivity (Wildman–Crippen MR) is 272 cm³/mol. The normalized spacial score (nSPS) is 22.1. The number of aliphatic hydroxyl groups excluding tert-OH is 1. The van der Waals surface area contributed by atoms with Crippen molar-refractivity contribution < 1.29 is 67.7 Å². The molecule has 8 atom stereocenters. The van der Waals surface area contributed by atoms with Crippen LogP contribution in [0, 0.1) is 11.8 Å². The lowest BCUT2D eigenvalue weighted by molar-refractivity contribution is -0.141. The molecule has 3 heterocycles. The molecule has 1 aromatic rings. The van der Waals surface area contributed by atoms with Crippen LogP contribution in [0.4, 0.5) is 0 Å². The minimum absolute atomic E-state index is 0.0173. The van der Waals surface area contributed by atoms with Gasteiger partial charge in [-0.2, -0.15) is 0 Å². The van der Waals surface area contributed by atoms with Gasteiger partial charge in [-0.3, -0.25) is 52.7 Å². The van der Waals surface area contributed by atoms with Gasteiger partial charge in [-0.25, -0.2) is 4.99 Å². The van der Waals surface area contributed by atoms with Gasteiger partial charge < -0.3 is 74.3 Å².